The lowest BCUT2D eigenvalue weighted by Crippen LogP contribution is -2.43. The third-order valence-corrected chi connectivity index (χ3v) is 6.02. The molecule has 1 aromatic rings. The summed E-state index contributed by atoms with van der Waals surface area (Å²) in [5, 5.41) is 15.0. The van der Waals surface area contributed by atoms with E-state index in [0.717, 1.165) is 13.1 Å². The number of ether oxygens (including phenoxy) is 1. The van der Waals surface area contributed by atoms with E-state index in [0.29, 0.717) is 30.5 Å². The first-order chi connectivity index (χ1) is 12.3. The molecule has 0 radical (unpaired) electrons. The quantitative estimate of drug-likeness (QED) is 0.533. The number of likely N-dealkylation sites (tertiary alicyclic amines) is 1. The normalized spacial score (nSPS) is 18.0. The molecule has 0 bridgehead atoms. The maximum Gasteiger partial charge on any atom is 0.242 e. The highest BCUT2D eigenvalue weighted by Crippen LogP contribution is 2.33. The summed E-state index contributed by atoms with van der Waals surface area (Å²) in [5.41, 5.74) is 6.43. The molecule has 5 N–H and O–H groups in total. The number of hydrogen-bond acceptors (Lipinski definition) is 6. The van der Waals surface area contributed by atoms with Crippen LogP contribution in [0.25, 0.3) is 0 Å². The highest BCUT2D eigenvalue weighted by atomic mass is 35.5. The zero-order chi connectivity index (χ0) is 19.3. The molecule has 2 rings (SSSR count). The van der Waals surface area contributed by atoms with E-state index < -0.39 is 16.1 Å². The van der Waals surface area contributed by atoms with Crippen molar-refractivity contribution in [3.05, 3.63) is 23.3 Å². The Morgan fingerprint density at radius 3 is 2.42 bits per heavy atom. The molecule has 1 unspecified atom stereocenters. The Morgan fingerprint density at radius 2 is 1.92 bits per heavy atom. The van der Waals surface area contributed by atoms with Crippen LogP contribution in [0.1, 0.15) is 24.0 Å². The van der Waals surface area contributed by atoms with E-state index in [-0.39, 0.29) is 35.1 Å². The molecule has 26 heavy (non-hydrogen) atoms. The number of nitrogens with zero attached hydrogens (tertiary/aromatic N) is 1. The molecule has 0 spiro atoms. The van der Waals surface area contributed by atoms with Crippen LogP contribution in [0.4, 0.5) is 0 Å². The molecule has 0 aromatic heterocycles. The lowest BCUT2D eigenvalue weighted by Gasteiger charge is -2.33. The average Bonchev–Trinajstić information content (AvgIpc) is 2.61. The molecule has 1 fully saturated rings. The van der Waals surface area contributed by atoms with E-state index >= 15 is 0 Å². The van der Waals surface area contributed by atoms with Gasteiger partial charge in [-0.05, 0) is 30.0 Å². The van der Waals surface area contributed by atoms with Crippen molar-refractivity contribution in [1.29, 1.82) is 0 Å². The van der Waals surface area contributed by atoms with Crippen molar-refractivity contribution < 1.29 is 18.3 Å². The molecule has 1 aliphatic rings. The van der Waals surface area contributed by atoms with Gasteiger partial charge in [0.1, 0.15) is 16.7 Å². The van der Waals surface area contributed by atoms with E-state index in [1.165, 1.54) is 0 Å². The highest BCUT2D eigenvalue weighted by Gasteiger charge is 2.27. The van der Waals surface area contributed by atoms with Crippen LogP contribution in [0.3, 0.4) is 0 Å². The molecule has 1 atom stereocenters. The number of benzene rings is 1. The van der Waals surface area contributed by atoms with Crippen LogP contribution in [0.2, 0.25) is 0 Å². The molecule has 0 amide bonds. The third-order valence-electron chi connectivity index (χ3n) is 4.45. The first-order valence-electron chi connectivity index (χ1n) is 8.36. The summed E-state index contributed by atoms with van der Waals surface area (Å²) in [5.74, 6) is 0.310. The van der Waals surface area contributed by atoms with Gasteiger partial charge in [0.2, 0.25) is 10.0 Å². The van der Waals surface area contributed by atoms with Crippen LogP contribution < -0.4 is 15.6 Å². The summed E-state index contributed by atoms with van der Waals surface area (Å²) in [6, 6.07) is 3.29. The van der Waals surface area contributed by atoms with Crippen molar-refractivity contribution in [2.45, 2.75) is 41.7 Å². The van der Waals surface area contributed by atoms with Crippen LogP contribution in [-0.4, -0.2) is 56.8 Å². The fourth-order valence-electron chi connectivity index (χ4n) is 3.09. The fourth-order valence-corrected chi connectivity index (χ4v) is 4.66. The maximum absolute atomic E-state index is 12.1. The Hall–Kier alpha value is -0.610. The standard InChI is InChI=1S/C16H25Cl2N3O4S/c17-7-11-1-2-15(16(14(11)8-18)26(20,23)24)25-13-3-5-21(6-4-13)10-12(22)9-19/h1-2,12-13,22H,3-10,19H2,(H2,20,23,24). The maximum atomic E-state index is 12.1. The van der Waals surface area contributed by atoms with Crippen LogP contribution in [-0.2, 0) is 21.8 Å². The molecular weight excluding hydrogens is 401 g/mol. The Kier molecular flexibility index (Phi) is 7.96. The van der Waals surface area contributed by atoms with Gasteiger partial charge in [0, 0.05) is 37.9 Å². The second-order valence-electron chi connectivity index (χ2n) is 6.35. The minimum absolute atomic E-state index is 0.0273. The number of halogens is 2. The first kappa shape index (κ1) is 21.7. The summed E-state index contributed by atoms with van der Waals surface area (Å²) in [7, 11) is -4.02. The molecule has 10 heteroatoms. The van der Waals surface area contributed by atoms with Gasteiger partial charge in [-0.2, -0.15) is 0 Å². The number of sulfonamides is 1. The lowest BCUT2D eigenvalue weighted by molar-refractivity contribution is 0.0629. The average molecular weight is 426 g/mol. The van der Waals surface area contributed by atoms with E-state index in [4.69, 9.17) is 38.8 Å². The Balaban J connectivity index is 2.15. The number of β-amino-alcohol motifs (C(OH)–C–C–N with tert-alkyl or cyclic N) is 1. The van der Waals surface area contributed by atoms with Crippen molar-refractivity contribution in [2.24, 2.45) is 10.9 Å². The molecule has 0 aliphatic carbocycles. The van der Waals surface area contributed by atoms with Crippen molar-refractivity contribution in [1.82, 2.24) is 4.90 Å². The van der Waals surface area contributed by atoms with Gasteiger partial charge in [-0.1, -0.05) is 6.07 Å². The summed E-state index contributed by atoms with van der Waals surface area (Å²) in [6.07, 6.45) is 0.714. The fraction of sp³-hybridized carbons (Fsp3) is 0.625. The van der Waals surface area contributed by atoms with E-state index in [1.54, 1.807) is 12.1 Å². The topological polar surface area (TPSA) is 119 Å². The van der Waals surface area contributed by atoms with Gasteiger partial charge >= 0.3 is 0 Å². The summed E-state index contributed by atoms with van der Waals surface area (Å²) < 4.78 is 30.2. The molecule has 7 nitrogen and oxygen atoms in total. The summed E-state index contributed by atoms with van der Waals surface area (Å²) >= 11 is 11.8. The molecule has 1 aromatic carbocycles. The molecule has 1 aliphatic heterocycles. The van der Waals surface area contributed by atoms with Gasteiger partial charge in [-0.3, -0.25) is 0 Å². The second kappa shape index (κ2) is 9.54. The molecule has 0 saturated carbocycles. The number of nitrogens with two attached hydrogens (primary N) is 2. The SMILES string of the molecule is NCC(O)CN1CCC(Oc2ccc(CCl)c(CCl)c2S(N)(=O)=O)CC1. The number of aliphatic hydroxyl groups is 1. The largest absolute Gasteiger partial charge is 0.489 e. The van der Waals surface area contributed by atoms with Crippen molar-refractivity contribution in [3.8, 4) is 5.75 Å². The molecule has 1 saturated heterocycles. The van der Waals surface area contributed by atoms with Gasteiger partial charge in [0.15, 0.2) is 0 Å². The Bertz CT molecular complexity index is 710. The third kappa shape index (κ3) is 5.45. The van der Waals surface area contributed by atoms with Gasteiger partial charge < -0.3 is 20.5 Å². The van der Waals surface area contributed by atoms with Crippen LogP contribution in [0.15, 0.2) is 17.0 Å². The Morgan fingerprint density at radius 1 is 1.27 bits per heavy atom. The second-order valence-corrected chi connectivity index (χ2v) is 8.38. The van der Waals surface area contributed by atoms with Gasteiger partial charge in [0.25, 0.3) is 0 Å². The van der Waals surface area contributed by atoms with Gasteiger partial charge in [0.05, 0.1) is 6.10 Å². The van der Waals surface area contributed by atoms with Crippen molar-refractivity contribution in [3.63, 3.8) is 0 Å². The number of hydrogen-bond donors (Lipinski definition) is 3. The van der Waals surface area contributed by atoms with E-state index in [2.05, 4.69) is 4.90 Å². The predicted molar refractivity (Wildman–Crippen MR) is 102 cm³/mol. The van der Waals surface area contributed by atoms with Crippen LogP contribution in [0, 0.1) is 0 Å². The number of piperidine rings is 1. The smallest absolute Gasteiger partial charge is 0.242 e. The van der Waals surface area contributed by atoms with Crippen molar-refractivity contribution >= 4 is 33.2 Å². The number of primary sulfonamides is 1. The molecule has 1 heterocycles. The summed E-state index contributed by atoms with van der Waals surface area (Å²) in [4.78, 5) is 2.02. The van der Waals surface area contributed by atoms with Gasteiger partial charge in [-0.25, -0.2) is 13.6 Å². The van der Waals surface area contributed by atoms with Crippen molar-refractivity contribution in [2.75, 3.05) is 26.2 Å². The molecule has 148 valence electrons. The zero-order valence-corrected chi connectivity index (χ0v) is 16.7. The lowest BCUT2D eigenvalue weighted by atomic mass is 10.1. The van der Waals surface area contributed by atoms with E-state index in [9.17, 15) is 13.5 Å². The minimum atomic E-state index is -4.02. The number of rotatable bonds is 8. The first-order valence-corrected chi connectivity index (χ1v) is 11.0. The number of alkyl halides is 2. The number of aliphatic hydroxyl groups excluding tert-OH is 1. The minimum Gasteiger partial charge on any atom is -0.489 e. The van der Waals surface area contributed by atoms with Crippen LogP contribution >= 0.6 is 23.2 Å². The van der Waals surface area contributed by atoms with E-state index in [1.807, 2.05) is 0 Å². The zero-order valence-electron chi connectivity index (χ0n) is 14.4. The summed E-state index contributed by atoms with van der Waals surface area (Å²) in [6.45, 7) is 2.21. The highest BCUT2D eigenvalue weighted by molar-refractivity contribution is 7.89. The predicted octanol–water partition coefficient (Wildman–Crippen LogP) is 0.974. The Labute approximate surface area is 164 Å². The monoisotopic (exact) mass is 425 g/mol. The molecular formula is C16H25Cl2N3O4S. The van der Waals surface area contributed by atoms with Gasteiger partial charge in [-0.15, -0.1) is 23.2 Å². The van der Waals surface area contributed by atoms with Crippen LogP contribution in [0.5, 0.6) is 5.75 Å².